The molecule has 0 fully saturated rings. The van der Waals surface area contributed by atoms with E-state index in [1.807, 2.05) is 4.98 Å². The molecule has 9 nitrogen and oxygen atoms in total. The molecule has 0 atom stereocenters. The molecule has 0 aliphatic carbocycles. The Bertz CT molecular complexity index is 1100. The van der Waals surface area contributed by atoms with Gasteiger partial charge < -0.3 is 0 Å². The molecule has 0 saturated heterocycles. The van der Waals surface area contributed by atoms with Crippen LogP contribution in [0.4, 0.5) is 0 Å². The van der Waals surface area contributed by atoms with Crippen LogP contribution in [0.2, 0.25) is 0 Å². The van der Waals surface area contributed by atoms with Gasteiger partial charge in [-0.1, -0.05) is 22.4 Å². The zero-order valence-electron chi connectivity index (χ0n) is 11.8. The zero-order valence-corrected chi connectivity index (χ0v) is 12.6. The molecule has 118 valence electrons. The predicted molar refractivity (Wildman–Crippen MR) is 79.4 cm³/mol. The molecule has 2 heterocycles. The number of fused-ring (bicyclic) bond motifs is 1. The van der Waals surface area contributed by atoms with Crippen molar-refractivity contribution in [2.24, 2.45) is 0 Å². The lowest BCUT2D eigenvalue weighted by atomic mass is 10.2. The van der Waals surface area contributed by atoms with Crippen molar-refractivity contribution in [2.45, 2.75) is 11.8 Å². The summed E-state index contributed by atoms with van der Waals surface area (Å²) in [6.07, 6.45) is 2.44. The van der Waals surface area contributed by atoms with Crippen LogP contribution in [0.5, 0.6) is 0 Å². The van der Waals surface area contributed by atoms with Gasteiger partial charge >= 0.3 is 15.8 Å². The van der Waals surface area contributed by atoms with Gasteiger partial charge in [0, 0.05) is 12.4 Å². The molecule has 3 aromatic rings. The topological polar surface area (TPSA) is 124 Å². The molecule has 0 saturated carbocycles. The minimum atomic E-state index is -4.28. The summed E-state index contributed by atoms with van der Waals surface area (Å²) in [5.41, 5.74) is -1.51. The second kappa shape index (κ2) is 5.32. The van der Waals surface area contributed by atoms with Crippen LogP contribution < -0.4 is 15.5 Å². The number of benzene rings is 1. The molecule has 3 rings (SSSR count). The van der Waals surface area contributed by atoms with Crippen LogP contribution in [-0.4, -0.2) is 28.1 Å². The minimum absolute atomic E-state index is 0.141. The predicted octanol–water partition coefficient (Wildman–Crippen LogP) is -0.394. The summed E-state index contributed by atoms with van der Waals surface area (Å²) < 4.78 is 29.8. The second-order valence-electron chi connectivity index (χ2n) is 4.62. The van der Waals surface area contributed by atoms with Crippen LogP contribution in [-0.2, 0) is 10.1 Å². The number of rotatable bonds is 3. The van der Waals surface area contributed by atoms with Gasteiger partial charge in [0.15, 0.2) is 5.52 Å². The number of hydrogen-bond acceptors (Lipinski definition) is 7. The van der Waals surface area contributed by atoms with E-state index in [0.29, 0.717) is 4.73 Å². The van der Waals surface area contributed by atoms with Crippen molar-refractivity contribution < 1.29 is 12.7 Å². The third-order valence-corrected chi connectivity index (χ3v) is 4.17. The third-order valence-electron chi connectivity index (χ3n) is 2.97. The molecule has 0 spiro atoms. The molecule has 0 unspecified atom stereocenters. The van der Waals surface area contributed by atoms with Crippen LogP contribution in [0.1, 0.15) is 5.56 Å². The van der Waals surface area contributed by atoms with Gasteiger partial charge in [0.25, 0.3) is 5.56 Å². The van der Waals surface area contributed by atoms with Crippen molar-refractivity contribution >= 4 is 21.3 Å². The molecular formula is C13H10N4O5S. The highest BCUT2D eigenvalue weighted by Crippen LogP contribution is 2.11. The summed E-state index contributed by atoms with van der Waals surface area (Å²) in [6, 6.07) is 5.86. The summed E-state index contributed by atoms with van der Waals surface area (Å²) >= 11 is 0. The smallest absolute Gasteiger partial charge is 0.277 e. The Morgan fingerprint density at radius 3 is 2.43 bits per heavy atom. The van der Waals surface area contributed by atoms with Gasteiger partial charge in [-0.2, -0.15) is 8.42 Å². The number of nitrogens with zero attached hydrogens (tertiary/aromatic N) is 3. The first-order chi connectivity index (χ1) is 10.9. The monoisotopic (exact) mass is 334 g/mol. The van der Waals surface area contributed by atoms with Crippen molar-refractivity contribution in [3.05, 3.63) is 63.1 Å². The number of H-pyrrole nitrogens is 1. The lowest BCUT2D eigenvalue weighted by molar-refractivity contribution is 0.272. The van der Waals surface area contributed by atoms with E-state index in [0.717, 1.165) is 5.56 Å². The molecule has 1 aromatic carbocycles. The van der Waals surface area contributed by atoms with E-state index < -0.39 is 21.4 Å². The first-order valence-corrected chi connectivity index (χ1v) is 7.77. The van der Waals surface area contributed by atoms with Crippen LogP contribution in [0.15, 0.2) is 51.1 Å². The Morgan fingerprint density at radius 1 is 1.09 bits per heavy atom. The molecule has 2 aromatic heterocycles. The average Bonchev–Trinajstić information content (AvgIpc) is 2.52. The molecule has 0 radical (unpaired) electrons. The number of aromatic nitrogens is 4. The Morgan fingerprint density at radius 2 is 1.74 bits per heavy atom. The van der Waals surface area contributed by atoms with Gasteiger partial charge in [0.05, 0.1) is 0 Å². The largest absolute Gasteiger partial charge is 0.364 e. The standard InChI is InChI=1S/C13H10N4O5S/c1-8-2-4-9(5-3-8)23(20,21)22-17-11-10(14-6-7-15-11)12(18)16-13(17)19/h2-7H,1H3,(H,16,18,19). The zero-order chi connectivity index (χ0) is 16.6. The lowest BCUT2D eigenvalue weighted by Gasteiger charge is -2.09. The number of nitrogens with one attached hydrogen (secondary N) is 1. The van der Waals surface area contributed by atoms with Crippen molar-refractivity contribution in [3.63, 3.8) is 0 Å². The van der Waals surface area contributed by atoms with Crippen molar-refractivity contribution in [2.75, 3.05) is 0 Å². The van der Waals surface area contributed by atoms with Crippen LogP contribution in [0.25, 0.3) is 11.2 Å². The fourth-order valence-corrected chi connectivity index (χ4v) is 2.75. The Kier molecular flexibility index (Phi) is 3.45. The second-order valence-corrected chi connectivity index (χ2v) is 6.15. The Labute approximate surface area is 129 Å². The summed E-state index contributed by atoms with van der Waals surface area (Å²) in [7, 11) is -4.28. The number of hydrogen-bond donors (Lipinski definition) is 1. The molecule has 0 aliphatic rings. The highest BCUT2D eigenvalue weighted by atomic mass is 32.2. The molecule has 0 bridgehead atoms. The van der Waals surface area contributed by atoms with E-state index >= 15 is 0 Å². The van der Waals surface area contributed by atoms with E-state index in [1.165, 1.54) is 24.5 Å². The van der Waals surface area contributed by atoms with Gasteiger partial charge in [-0.25, -0.2) is 14.8 Å². The highest BCUT2D eigenvalue weighted by Gasteiger charge is 2.20. The maximum Gasteiger partial charge on any atom is 0.364 e. The normalized spacial score (nSPS) is 11.5. The van der Waals surface area contributed by atoms with E-state index in [4.69, 9.17) is 4.28 Å². The van der Waals surface area contributed by atoms with E-state index in [1.54, 1.807) is 19.1 Å². The number of aryl methyl sites for hydroxylation is 1. The highest BCUT2D eigenvalue weighted by molar-refractivity contribution is 7.87. The summed E-state index contributed by atoms with van der Waals surface area (Å²) in [6.45, 7) is 1.80. The van der Waals surface area contributed by atoms with Gasteiger partial charge in [-0.3, -0.25) is 14.1 Å². The fraction of sp³-hybridized carbons (Fsp3) is 0.0769. The fourth-order valence-electron chi connectivity index (χ4n) is 1.86. The lowest BCUT2D eigenvalue weighted by Crippen LogP contribution is -2.37. The quantitative estimate of drug-likeness (QED) is 0.691. The minimum Gasteiger partial charge on any atom is -0.277 e. The van der Waals surface area contributed by atoms with Gasteiger partial charge in [-0.05, 0) is 19.1 Å². The number of aromatic amines is 1. The molecular weight excluding hydrogens is 324 g/mol. The van der Waals surface area contributed by atoms with Crippen LogP contribution in [0.3, 0.4) is 0 Å². The first kappa shape index (κ1) is 14.9. The van der Waals surface area contributed by atoms with Crippen LogP contribution >= 0.6 is 0 Å². The summed E-state index contributed by atoms with van der Waals surface area (Å²) in [5.74, 6) is 0. The van der Waals surface area contributed by atoms with Crippen molar-refractivity contribution in [1.82, 2.24) is 19.7 Å². The van der Waals surface area contributed by atoms with Gasteiger partial charge in [0.2, 0.25) is 5.65 Å². The van der Waals surface area contributed by atoms with Gasteiger partial charge in [-0.15, -0.1) is 0 Å². The van der Waals surface area contributed by atoms with Crippen molar-refractivity contribution in [1.29, 1.82) is 0 Å². The molecule has 0 aliphatic heterocycles. The Hall–Kier alpha value is -3.01. The van der Waals surface area contributed by atoms with Crippen molar-refractivity contribution in [3.8, 4) is 0 Å². The maximum absolute atomic E-state index is 12.3. The van der Waals surface area contributed by atoms with E-state index in [9.17, 15) is 18.0 Å². The van der Waals surface area contributed by atoms with E-state index in [-0.39, 0.29) is 16.1 Å². The Balaban J connectivity index is 2.17. The molecule has 0 amide bonds. The summed E-state index contributed by atoms with van der Waals surface area (Å²) in [4.78, 5) is 32.8. The molecule has 23 heavy (non-hydrogen) atoms. The van der Waals surface area contributed by atoms with E-state index in [2.05, 4.69) is 9.97 Å². The third kappa shape index (κ3) is 2.71. The summed E-state index contributed by atoms with van der Waals surface area (Å²) in [5, 5.41) is 0. The molecule has 1 N–H and O–H groups in total. The average molecular weight is 334 g/mol. The molecule has 10 heteroatoms. The maximum atomic E-state index is 12.3. The van der Waals surface area contributed by atoms with Gasteiger partial charge in [0.1, 0.15) is 4.90 Å². The SMILES string of the molecule is Cc1ccc(S(=O)(=O)On2c(=O)[nH]c(=O)c3nccnc32)cc1. The van der Waals surface area contributed by atoms with Crippen LogP contribution in [0, 0.1) is 6.92 Å². The first-order valence-electron chi connectivity index (χ1n) is 6.36.